The topological polar surface area (TPSA) is 159 Å². The number of urea groups is 1. The molecular weight excluding hydrogens is 931 g/mol. The first-order valence-corrected chi connectivity index (χ1v) is 25.6. The molecular formula is C60H57N7O7. The number of esters is 1. The number of aliphatic hydroxyl groups is 1. The zero-order valence-electron chi connectivity index (χ0n) is 41.1. The van der Waals surface area contributed by atoms with Crippen LogP contribution in [0.2, 0.25) is 0 Å². The number of carbonyl (C=O) groups is 4. The summed E-state index contributed by atoms with van der Waals surface area (Å²) in [6.45, 7) is 2.68. The van der Waals surface area contributed by atoms with Crippen molar-refractivity contribution in [2.75, 3.05) is 31.2 Å². The summed E-state index contributed by atoms with van der Waals surface area (Å²) < 4.78 is 14.5. The second-order valence-electron chi connectivity index (χ2n) is 19.5. The lowest BCUT2D eigenvalue weighted by Crippen LogP contribution is -2.57. The van der Waals surface area contributed by atoms with E-state index in [1.807, 2.05) is 156 Å². The molecule has 14 nitrogen and oxygen atoms in total. The Kier molecular flexibility index (Phi) is 13.5. The molecule has 0 bridgehead atoms. The van der Waals surface area contributed by atoms with Gasteiger partial charge in [-0.15, -0.1) is 5.10 Å². The van der Waals surface area contributed by atoms with Crippen molar-refractivity contribution >= 4 is 40.5 Å². The lowest BCUT2D eigenvalue weighted by atomic mass is 9.64. The van der Waals surface area contributed by atoms with Gasteiger partial charge in [-0.05, 0) is 90.0 Å². The van der Waals surface area contributed by atoms with Gasteiger partial charge in [0.2, 0.25) is 11.8 Å². The standard InChI is InChI=1S/C60H57N7O7/c1-40(42-21-8-5-9-22-42)61-59(72)66-49-32-31-41(20-19-35-65-50-30-15-14-29-48(50)62-63-65)38-47(49)60(58(66)71)51(56(69)64-33-16-3-2-4-17-34-64)53-57(70)74-54(44-25-12-7-13-26-44)52(43-23-10-6-11-24-43)67(53)55(60)45-27-18-28-46(39-45)73-37-36-68/h5-15,18,21-32,38-40,51-55,68H,2-4,16-17,33-37H2,1H3,(H,61,72). The molecule has 7 aromatic rings. The summed E-state index contributed by atoms with van der Waals surface area (Å²) in [6, 6.07) is 44.6. The third-order valence-corrected chi connectivity index (χ3v) is 15.2. The van der Waals surface area contributed by atoms with Gasteiger partial charge in [-0.3, -0.25) is 19.3 Å². The highest BCUT2D eigenvalue weighted by Crippen LogP contribution is 2.66. The summed E-state index contributed by atoms with van der Waals surface area (Å²) >= 11 is 0. The average molecular weight is 988 g/mol. The summed E-state index contributed by atoms with van der Waals surface area (Å²) in [5.41, 5.74) is 3.66. The van der Waals surface area contributed by atoms with Gasteiger partial charge in [0.25, 0.3) is 0 Å². The lowest BCUT2D eigenvalue weighted by molar-refractivity contribution is -0.179. The number of carbonyl (C=O) groups excluding carboxylic acids is 4. The summed E-state index contributed by atoms with van der Waals surface area (Å²) in [5, 5.41) is 21.7. The van der Waals surface area contributed by atoms with Gasteiger partial charge in [0.1, 0.15) is 42.0 Å². The van der Waals surface area contributed by atoms with Gasteiger partial charge in [-0.25, -0.2) is 14.4 Å². The Hall–Kier alpha value is -8.12. The van der Waals surface area contributed by atoms with Crippen LogP contribution in [0.5, 0.6) is 5.75 Å². The highest BCUT2D eigenvalue weighted by atomic mass is 16.6. The largest absolute Gasteiger partial charge is 0.491 e. The summed E-state index contributed by atoms with van der Waals surface area (Å²) in [6.07, 6.45) is 3.51. The molecule has 374 valence electrons. The Labute approximate surface area is 429 Å². The van der Waals surface area contributed by atoms with Gasteiger partial charge >= 0.3 is 12.0 Å². The molecule has 6 aromatic carbocycles. The van der Waals surface area contributed by atoms with E-state index in [4.69, 9.17) is 9.47 Å². The van der Waals surface area contributed by atoms with Crippen LogP contribution in [0.25, 0.3) is 11.0 Å². The van der Waals surface area contributed by atoms with Crippen molar-refractivity contribution in [1.29, 1.82) is 0 Å². The lowest BCUT2D eigenvalue weighted by Gasteiger charge is -2.46. The minimum absolute atomic E-state index is 0.00154. The second-order valence-corrected chi connectivity index (χ2v) is 19.5. The third kappa shape index (κ3) is 8.65. The van der Waals surface area contributed by atoms with Crippen LogP contribution < -0.4 is 15.0 Å². The number of hydrogen-bond acceptors (Lipinski definition) is 10. The number of morpholine rings is 1. The van der Waals surface area contributed by atoms with Crippen molar-refractivity contribution in [1.82, 2.24) is 30.1 Å². The predicted molar refractivity (Wildman–Crippen MR) is 278 cm³/mol. The fourth-order valence-corrected chi connectivity index (χ4v) is 11.9. The minimum atomic E-state index is -1.97. The van der Waals surface area contributed by atoms with E-state index in [0.29, 0.717) is 35.5 Å². The Bertz CT molecular complexity index is 3260. The maximum atomic E-state index is 17.0. The Morgan fingerprint density at radius 3 is 2.20 bits per heavy atom. The molecule has 1 aromatic heterocycles. The van der Waals surface area contributed by atoms with Gasteiger partial charge < -0.3 is 24.8 Å². The number of fused-ring (bicyclic) bond motifs is 4. The van der Waals surface area contributed by atoms with Crippen molar-refractivity contribution in [2.24, 2.45) is 5.92 Å². The number of nitrogens with zero attached hydrogens (tertiary/aromatic N) is 6. The van der Waals surface area contributed by atoms with Crippen molar-refractivity contribution in [3.8, 4) is 17.6 Å². The number of nitrogens with one attached hydrogen (secondary N) is 1. The molecule has 5 heterocycles. The molecule has 2 N–H and O–H groups in total. The number of imide groups is 1. The molecule has 3 saturated heterocycles. The first-order chi connectivity index (χ1) is 36.3. The van der Waals surface area contributed by atoms with Crippen LogP contribution >= 0.6 is 0 Å². The fourth-order valence-electron chi connectivity index (χ4n) is 11.9. The predicted octanol–water partition coefficient (Wildman–Crippen LogP) is 8.78. The number of aromatic nitrogens is 3. The van der Waals surface area contributed by atoms with Crippen molar-refractivity contribution < 1.29 is 33.8 Å². The maximum Gasteiger partial charge on any atom is 0.329 e. The number of rotatable bonds is 10. The zero-order chi connectivity index (χ0) is 50.8. The smallest absolute Gasteiger partial charge is 0.329 e. The van der Waals surface area contributed by atoms with E-state index in [1.165, 1.54) is 4.90 Å². The number of anilines is 1. The first-order valence-electron chi connectivity index (χ1n) is 25.6. The number of aliphatic hydroxyl groups excluding tert-OH is 1. The molecule has 4 amide bonds. The van der Waals surface area contributed by atoms with E-state index in [0.717, 1.165) is 59.8 Å². The fraction of sp³-hybridized carbons (Fsp3) is 0.300. The quantitative estimate of drug-likeness (QED) is 0.100. The van der Waals surface area contributed by atoms with Crippen molar-refractivity contribution in [2.45, 2.75) is 81.3 Å². The van der Waals surface area contributed by atoms with Crippen molar-refractivity contribution in [3.63, 3.8) is 0 Å². The van der Waals surface area contributed by atoms with Crippen LogP contribution in [0.1, 0.15) is 96.6 Å². The van der Waals surface area contributed by atoms with Gasteiger partial charge in [0, 0.05) is 18.7 Å². The minimum Gasteiger partial charge on any atom is -0.491 e. The number of amides is 4. The van der Waals surface area contributed by atoms with E-state index < -0.39 is 59.5 Å². The van der Waals surface area contributed by atoms with Crippen molar-refractivity contribution in [3.05, 3.63) is 191 Å². The number of ether oxygens (including phenoxy) is 2. The third-order valence-electron chi connectivity index (χ3n) is 15.2. The van der Waals surface area contributed by atoms with Crippen LogP contribution in [0.4, 0.5) is 10.5 Å². The summed E-state index contributed by atoms with van der Waals surface area (Å²) in [7, 11) is 0. The Morgan fingerprint density at radius 1 is 0.784 bits per heavy atom. The normalized spacial score (nSPS) is 23.0. The van der Waals surface area contributed by atoms with Crippen LogP contribution in [0, 0.1) is 17.8 Å². The molecule has 7 atom stereocenters. The maximum absolute atomic E-state index is 17.0. The molecule has 3 fully saturated rings. The van der Waals surface area contributed by atoms with Gasteiger partial charge in [-0.1, -0.05) is 152 Å². The van der Waals surface area contributed by atoms with Crippen LogP contribution in [0.3, 0.4) is 0 Å². The molecule has 11 rings (SSSR count). The number of cyclic esters (lactones) is 1. The second kappa shape index (κ2) is 20.8. The summed E-state index contributed by atoms with van der Waals surface area (Å²) in [5.74, 6) is 3.91. The Balaban J connectivity index is 1.18. The number of para-hydroxylation sites is 1. The van der Waals surface area contributed by atoms with E-state index in [2.05, 4.69) is 27.5 Å². The van der Waals surface area contributed by atoms with Gasteiger partial charge in [-0.2, -0.15) is 0 Å². The van der Waals surface area contributed by atoms with E-state index >= 15 is 19.2 Å². The molecule has 7 unspecified atom stereocenters. The molecule has 1 spiro atoms. The molecule has 0 radical (unpaired) electrons. The van der Waals surface area contributed by atoms with Crippen LogP contribution in [-0.2, 0) is 31.1 Å². The van der Waals surface area contributed by atoms with Gasteiger partial charge in [0.15, 0.2) is 0 Å². The summed E-state index contributed by atoms with van der Waals surface area (Å²) in [4.78, 5) is 69.5. The van der Waals surface area contributed by atoms with E-state index in [-0.39, 0.29) is 31.4 Å². The molecule has 14 heteroatoms. The monoisotopic (exact) mass is 987 g/mol. The average Bonchev–Trinajstić information content (AvgIpc) is 4.17. The SMILES string of the molecule is CC(NC(=O)N1C(=O)C2(c3cc(C#CCn4nnc5ccccc54)ccc31)C(C(=O)N1CCCCCCC1)C1C(=O)OC(c3ccccc3)C(c3ccccc3)N1C2c1cccc(OCCO)c1)c1ccccc1. The number of benzene rings is 6. The Morgan fingerprint density at radius 2 is 1.46 bits per heavy atom. The molecule has 74 heavy (non-hydrogen) atoms. The van der Waals surface area contributed by atoms with E-state index in [9.17, 15) is 5.11 Å². The first kappa shape index (κ1) is 48.2. The number of hydrogen-bond donors (Lipinski definition) is 2. The molecule has 0 aliphatic carbocycles. The molecule has 0 saturated carbocycles. The van der Waals surface area contributed by atoms with Gasteiger partial charge in [0.05, 0.1) is 41.9 Å². The molecule has 4 aliphatic rings. The van der Waals surface area contributed by atoms with Crippen LogP contribution in [0.15, 0.2) is 158 Å². The highest BCUT2D eigenvalue weighted by molar-refractivity contribution is 6.24. The highest BCUT2D eigenvalue weighted by Gasteiger charge is 2.76. The molecule has 4 aliphatic heterocycles. The zero-order valence-corrected chi connectivity index (χ0v) is 41.1. The van der Waals surface area contributed by atoms with E-state index in [1.54, 1.807) is 22.9 Å². The van der Waals surface area contributed by atoms with Crippen LogP contribution in [-0.4, -0.2) is 86.1 Å². The number of likely N-dealkylation sites (tertiary alicyclic amines) is 1.